The van der Waals surface area contributed by atoms with Crippen molar-refractivity contribution >= 4 is 23.4 Å². The number of nitrogens with one attached hydrogen (secondary N) is 1. The molecule has 1 atom stereocenters. The Hall–Kier alpha value is -1.39. The lowest BCUT2D eigenvalue weighted by Gasteiger charge is -2.13. The molecule has 3 N–H and O–H groups in total. The first-order chi connectivity index (χ1) is 5.68. The van der Waals surface area contributed by atoms with E-state index >= 15 is 0 Å². The van der Waals surface area contributed by atoms with Gasteiger partial charge in [0.15, 0.2) is 12.0 Å². The molecular formula is C8H9N3O. The quantitative estimate of drug-likeness (QED) is 0.425. The van der Waals surface area contributed by atoms with Crippen LogP contribution in [0.25, 0.3) is 0 Å². The zero-order chi connectivity index (χ0) is 8.72. The van der Waals surface area contributed by atoms with E-state index in [9.17, 15) is 5.21 Å². The average Bonchev–Trinajstić information content (AvgIpc) is 2.31. The van der Waals surface area contributed by atoms with E-state index in [1.54, 1.807) is 12.1 Å². The molecule has 12 heavy (non-hydrogen) atoms. The second kappa shape index (κ2) is 2.30. The molecule has 0 aromatic heterocycles. The van der Waals surface area contributed by atoms with Gasteiger partial charge in [0.25, 0.3) is 0 Å². The zero-order valence-corrected chi connectivity index (χ0v) is 6.66. The molecular weight excluding hydrogens is 154 g/mol. The molecule has 4 heteroatoms. The van der Waals surface area contributed by atoms with Crippen molar-refractivity contribution < 1.29 is 5.06 Å². The summed E-state index contributed by atoms with van der Waals surface area (Å²) in [5.41, 5.74) is 8.52. The lowest BCUT2D eigenvalue weighted by Crippen LogP contribution is -2.99. The predicted octanol–water partition coefficient (Wildman–Crippen LogP) is 0.265. The lowest BCUT2D eigenvalue weighted by molar-refractivity contribution is -0.655. The highest BCUT2D eigenvalue weighted by molar-refractivity contribution is 5.77. The van der Waals surface area contributed by atoms with Crippen molar-refractivity contribution in [1.29, 1.82) is 0 Å². The number of nitrogens with two attached hydrogens (primary N) is 1. The Labute approximate surface area is 69.9 Å². The maximum Gasteiger partial charge on any atom is 0.194 e. The summed E-state index contributed by atoms with van der Waals surface area (Å²) in [4.78, 5) is 3.95. The Balaban J connectivity index is 2.66. The number of aliphatic imine (C=N–C) groups is 1. The van der Waals surface area contributed by atoms with E-state index in [-0.39, 0.29) is 5.06 Å². The molecule has 0 bridgehead atoms. The number of nitrogens with zero attached hydrogens (tertiary/aromatic N) is 1. The standard InChI is InChI=1S/C8H9N3O/c1-5-2-6(9)3-7-8(5)11(12)4-10-7/h2-4,11H,9H2,1H3. The van der Waals surface area contributed by atoms with E-state index in [0.29, 0.717) is 17.1 Å². The number of fused-ring (bicyclic) bond motifs is 1. The zero-order valence-electron chi connectivity index (χ0n) is 6.66. The van der Waals surface area contributed by atoms with Gasteiger partial charge in [-0.05, 0) is 19.1 Å². The van der Waals surface area contributed by atoms with Crippen molar-refractivity contribution in [3.63, 3.8) is 0 Å². The van der Waals surface area contributed by atoms with Crippen molar-refractivity contribution in [3.05, 3.63) is 22.9 Å². The minimum atomic E-state index is -0.0255. The predicted molar refractivity (Wildman–Crippen MR) is 47.7 cm³/mol. The van der Waals surface area contributed by atoms with Crippen molar-refractivity contribution in [2.24, 2.45) is 4.99 Å². The second-order valence-electron chi connectivity index (χ2n) is 2.85. The van der Waals surface area contributed by atoms with Gasteiger partial charge in [-0.3, -0.25) is 5.06 Å². The minimum Gasteiger partial charge on any atom is -0.623 e. The third kappa shape index (κ3) is 0.895. The summed E-state index contributed by atoms with van der Waals surface area (Å²) in [6, 6.07) is 3.50. The normalized spacial score (nSPS) is 19.7. The van der Waals surface area contributed by atoms with E-state index in [4.69, 9.17) is 5.73 Å². The number of anilines is 1. The summed E-state index contributed by atoms with van der Waals surface area (Å²) in [7, 11) is 0. The maximum atomic E-state index is 11.2. The molecule has 1 aliphatic heterocycles. The van der Waals surface area contributed by atoms with Gasteiger partial charge < -0.3 is 10.9 Å². The fraction of sp³-hybridized carbons (Fsp3) is 0.125. The largest absolute Gasteiger partial charge is 0.623 e. The molecule has 1 aromatic carbocycles. The van der Waals surface area contributed by atoms with Crippen molar-refractivity contribution in [2.75, 3.05) is 5.73 Å². The van der Waals surface area contributed by atoms with Crippen LogP contribution in [0.4, 0.5) is 17.1 Å². The third-order valence-electron chi connectivity index (χ3n) is 1.90. The summed E-state index contributed by atoms with van der Waals surface area (Å²) >= 11 is 0. The number of benzene rings is 1. The molecule has 0 spiro atoms. The van der Waals surface area contributed by atoms with Gasteiger partial charge >= 0.3 is 0 Å². The highest BCUT2D eigenvalue weighted by Crippen LogP contribution is 2.29. The highest BCUT2D eigenvalue weighted by atomic mass is 16.5. The van der Waals surface area contributed by atoms with Gasteiger partial charge in [-0.15, -0.1) is 0 Å². The summed E-state index contributed by atoms with van der Waals surface area (Å²) in [6.45, 7) is 1.86. The number of hydrogen-bond acceptors (Lipinski definition) is 3. The molecule has 0 aliphatic carbocycles. The smallest absolute Gasteiger partial charge is 0.194 e. The van der Waals surface area contributed by atoms with E-state index in [0.717, 1.165) is 5.56 Å². The Morgan fingerprint density at radius 1 is 1.50 bits per heavy atom. The number of hydrogen-bond donors (Lipinski definition) is 2. The van der Waals surface area contributed by atoms with Gasteiger partial charge in [-0.2, -0.15) is 4.99 Å². The summed E-state index contributed by atoms with van der Waals surface area (Å²) in [5.74, 6) is 0. The fourth-order valence-electron chi connectivity index (χ4n) is 1.41. The molecule has 0 fully saturated rings. The van der Waals surface area contributed by atoms with Crippen LogP contribution in [0, 0.1) is 12.1 Å². The van der Waals surface area contributed by atoms with Crippen LogP contribution in [0.1, 0.15) is 5.56 Å². The molecule has 0 saturated carbocycles. The monoisotopic (exact) mass is 163 g/mol. The molecule has 0 radical (unpaired) electrons. The second-order valence-corrected chi connectivity index (χ2v) is 2.85. The van der Waals surface area contributed by atoms with Crippen LogP contribution >= 0.6 is 0 Å². The first kappa shape index (κ1) is 7.27. The fourth-order valence-corrected chi connectivity index (χ4v) is 1.41. The first-order valence-electron chi connectivity index (χ1n) is 3.67. The first-order valence-corrected chi connectivity index (χ1v) is 3.67. The van der Waals surface area contributed by atoms with E-state index in [1.807, 2.05) is 6.92 Å². The van der Waals surface area contributed by atoms with Gasteiger partial charge in [0.2, 0.25) is 0 Å². The molecule has 1 aromatic rings. The molecule has 0 amide bonds. The molecule has 2 rings (SSSR count). The number of quaternary nitrogens is 1. The number of rotatable bonds is 0. The topological polar surface area (TPSA) is 65.9 Å². The van der Waals surface area contributed by atoms with E-state index < -0.39 is 0 Å². The number of hydroxylamine groups is 1. The maximum absolute atomic E-state index is 11.2. The molecule has 0 saturated heterocycles. The van der Waals surface area contributed by atoms with Crippen LogP contribution in [0.5, 0.6) is 0 Å². The Morgan fingerprint density at radius 3 is 3.00 bits per heavy atom. The minimum absolute atomic E-state index is 0.0255. The lowest BCUT2D eigenvalue weighted by atomic mass is 10.1. The van der Waals surface area contributed by atoms with Crippen LogP contribution in [-0.2, 0) is 0 Å². The van der Waals surface area contributed by atoms with Crippen LogP contribution < -0.4 is 10.8 Å². The van der Waals surface area contributed by atoms with Crippen LogP contribution in [0.3, 0.4) is 0 Å². The Morgan fingerprint density at radius 2 is 2.25 bits per heavy atom. The van der Waals surface area contributed by atoms with Crippen LogP contribution in [0.2, 0.25) is 0 Å². The van der Waals surface area contributed by atoms with Gasteiger partial charge in [-0.25, -0.2) is 0 Å². The Bertz CT molecular complexity index is 360. The van der Waals surface area contributed by atoms with Gasteiger partial charge in [-0.1, -0.05) is 0 Å². The van der Waals surface area contributed by atoms with Crippen molar-refractivity contribution in [1.82, 2.24) is 0 Å². The van der Waals surface area contributed by atoms with Crippen LogP contribution in [-0.4, -0.2) is 6.34 Å². The molecule has 4 nitrogen and oxygen atoms in total. The number of aryl methyl sites for hydroxylation is 1. The van der Waals surface area contributed by atoms with Gasteiger partial charge in [0.1, 0.15) is 5.69 Å². The number of nitrogen functional groups attached to an aromatic ring is 1. The summed E-state index contributed by atoms with van der Waals surface area (Å²) in [5, 5.41) is 11.2. The molecule has 1 heterocycles. The summed E-state index contributed by atoms with van der Waals surface area (Å²) < 4.78 is 0. The summed E-state index contributed by atoms with van der Waals surface area (Å²) in [6.07, 6.45) is 1.33. The van der Waals surface area contributed by atoms with E-state index in [1.165, 1.54) is 6.34 Å². The molecule has 1 aliphatic rings. The van der Waals surface area contributed by atoms with E-state index in [2.05, 4.69) is 4.99 Å². The van der Waals surface area contributed by atoms with Crippen molar-refractivity contribution in [3.8, 4) is 0 Å². The average molecular weight is 163 g/mol. The van der Waals surface area contributed by atoms with Crippen LogP contribution in [0.15, 0.2) is 17.1 Å². The highest BCUT2D eigenvalue weighted by Gasteiger charge is 2.17. The molecule has 62 valence electrons. The third-order valence-corrected chi connectivity index (χ3v) is 1.90. The van der Waals surface area contributed by atoms with Gasteiger partial charge in [0, 0.05) is 11.3 Å². The Kier molecular flexibility index (Phi) is 1.39. The SMILES string of the molecule is Cc1cc(N)cc2c1[NH+]([O-])C=N2. The van der Waals surface area contributed by atoms with Gasteiger partial charge in [0.05, 0.1) is 0 Å². The van der Waals surface area contributed by atoms with Crippen molar-refractivity contribution in [2.45, 2.75) is 6.92 Å². The molecule has 1 unspecified atom stereocenters.